The summed E-state index contributed by atoms with van der Waals surface area (Å²) in [6.07, 6.45) is 0. The van der Waals surface area contributed by atoms with Crippen LogP contribution in [0.2, 0.25) is 0 Å². The summed E-state index contributed by atoms with van der Waals surface area (Å²) in [5, 5.41) is 0. The summed E-state index contributed by atoms with van der Waals surface area (Å²) in [6, 6.07) is 12.4. The molecular weight excluding hydrogens is 294 g/mol. The van der Waals surface area contributed by atoms with Crippen molar-refractivity contribution in [1.29, 1.82) is 0 Å². The first-order valence-electron chi connectivity index (χ1n) is 6.84. The molecule has 0 aliphatic rings. The molecule has 0 saturated heterocycles. The van der Waals surface area contributed by atoms with E-state index in [0.29, 0.717) is 0 Å². The van der Waals surface area contributed by atoms with E-state index in [1.54, 1.807) is 17.7 Å². The Morgan fingerprint density at radius 1 is 1.05 bits per heavy atom. The number of hydrogen-bond donors (Lipinski definition) is 2. The molecule has 0 aliphatic heterocycles. The van der Waals surface area contributed by atoms with Crippen LogP contribution in [0.15, 0.2) is 36.4 Å². The molecule has 22 heavy (non-hydrogen) atoms. The van der Waals surface area contributed by atoms with Crippen LogP contribution in [0.5, 0.6) is 0 Å². The Balaban J connectivity index is 0.000000541. The van der Waals surface area contributed by atoms with Crippen molar-refractivity contribution in [2.24, 2.45) is 0 Å². The molecule has 2 aromatic rings. The molecule has 6 heteroatoms. The Labute approximate surface area is 140 Å². The van der Waals surface area contributed by atoms with Crippen LogP contribution < -0.4 is 0 Å². The van der Waals surface area contributed by atoms with Crippen LogP contribution >= 0.6 is 8.25 Å². The molecule has 2 rings (SSSR count). The zero-order valence-electron chi connectivity index (χ0n) is 13.2. The SMILES string of the molecule is O=[PH](O)O.[Li][C](=O)c1c(C)cc(C)c(-c2ccccc2)c1C. The Hall–Kier alpha value is -1.14. The first kappa shape index (κ1) is 18.9. The van der Waals surface area contributed by atoms with Gasteiger partial charge in [-0.2, -0.15) is 0 Å². The molecule has 0 bridgehead atoms. The molecule has 0 fully saturated rings. The number of carbonyl (C=O) groups is 1. The van der Waals surface area contributed by atoms with Crippen molar-refractivity contribution in [2.45, 2.75) is 20.8 Å². The molecule has 2 N–H and O–H groups in total. The van der Waals surface area contributed by atoms with E-state index in [9.17, 15) is 4.79 Å². The van der Waals surface area contributed by atoms with Crippen LogP contribution in [0.3, 0.4) is 0 Å². The third kappa shape index (κ3) is 4.95. The predicted molar refractivity (Wildman–Crippen MR) is 89.6 cm³/mol. The minimum absolute atomic E-state index is 0.141. The summed E-state index contributed by atoms with van der Waals surface area (Å²) >= 11 is 1.64. The average Bonchev–Trinajstić information content (AvgIpc) is 2.38. The van der Waals surface area contributed by atoms with Gasteiger partial charge in [-0.3, -0.25) is 4.57 Å². The maximum absolute atomic E-state index is 11.8. The van der Waals surface area contributed by atoms with E-state index in [1.807, 2.05) is 32.0 Å². The van der Waals surface area contributed by atoms with Crippen molar-refractivity contribution in [3.63, 3.8) is 0 Å². The van der Waals surface area contributed by atoms with E-state index in [0.717, 1.165) is 16.7 Å². The Morgan fingerprint density at radius 3 is 2.00 bits per heavy atom. The van der Waals surface area contributed by atoms with Gasteiger partial charge in [-0.05, 0) is 0 Å². The van der Waals surface area contributed by atoms with E-state index < -0.39 is 8.25 Å². The number of hydrogen-bond acceptors (Lipinski definition) is 2. The van der Waals surface area contributed by atoms with Gasteiger partial charge >= 0.3 is 126 Å². The maximum atomic E-state index is 11.8. The van der Waals surface area contributed by atoms with Crippen LogP contribution in [0, 0.1) is 20.8 Å². The number of benzene rings is 2. The van der Waals surface area contributed by atoms with Gasteiger partial charge in [0.15, 0.2) is 0 Å². The molecule has 0 amide bonds. The van der Waals surface area contributed by atoms with Gasteiger partial charge in [0.1, 0.15) is 0 Å². The first-order chi connectivity index (χ1) is 10.3. The summed E-state index contributed by atoms with van der Waals surface area (Å²) in [4.78, 5) is 26.1. The van der Waals surface area contributed by atoms with Gasteiger partial charge in [0.25, 0.3) is 0 Å². The molecule has 0 radical (unpaired) electrons. The molecule has 0 aliphatic carbocycles. The summed E-state index contributed by atoms with van der Waals surface area (Å²) < 4.78 is 8.88. The Morgan fingerprint density at radius 2 is 1.55 bits per heavy atom. The van der Waals surface area contributed by atoms with E-state index in [1.165, 1.54) is 16.7 Å². The van der Waals surface area contributed by atoms with E-state index in [4.69, 9.17) is 14.4 Å². The standard InChI is InChI=1S/C16H15O.Li.H3O3P/c1-11-9-12(2)16(13(3)15(11)10-17)14-7-5-4-6-8-14;;1-4(2)3/h4-9H,1-3H3;;4H,(H2,1,2,3). The van der Waals surface area contributed by atoms with Crippen molar-refractivity contribution in [3.8, 4) is 11.1 Å². The second kappa shape index (κ2) is 8.48. The average molecular weight is 312 g/mol. The predicted octanol–water partition coefficient (Wildman–Crippen LogP) is 2.95. The van der Waals surface area contributed by atoms with Crippen LogP contribution in [0.1, 0.15) is 27.0 Å². The van der Waals surface area contributed by atoms with Gasteiger partial charge in [-0.25, -0.2) is 0 Å². The molecule has 0 aromatic heterocycles. The molecule has 112 valence electrons. The molecule has 0 heterocycles. The van der Waals surface area contributed by atoms with Crippen LogP contribution in [-0.4, -0.2) is 32.0 Å². The topological polar surface area (TPSA) is 74.6 Å². The molecular formula is C16H18LiO4P. The normalized spacial score (nSPS) is 10.2. The third-order valence-corrected chi connectivity index (χ3v) is 3.39. The van der Waals surface area contributed by atoms with Gasteiger partial charge in [0.2, 0.25) is 0 Å². The second-order valence-corrected chi connectivity index (χ2v) is 5.66. The Bertz CT molecular complexity index is 695. The molecule has 4 nitrogen and oxygen atoms in total. The molecule has 0 atom stereocenters. The van der Waals surface area contributed by atoms with E-state index in [2.05, 4.69) is 25.1 Å². The van der Waals surface area contributed by atoms with E-state index >= 15 is 0 Å². The molecule has 0 saturated carbocycles. The first-order valence-corrected chi connectivity index (χ1v) is 8.15. The van der Waals surface area contributed by atoms with Crippen LogP contribution in [0.25, 0.3) is 11.1 Å². The molecule has 0 unspecified atom stereocenters. The Kier molecular flexibility index (Phi) is 7.29. The number of aryl methyl sites for hydroxylation is 2. The monoisotopic (exact) mass is 312 g/mol. The summed E-state index contributed by atoms with van der Waals surface area (Å²) in [5.74, 6) is 0. The van der Waals surface area contributed by atoms with Gasteiger partial charge in [-0.1, -0.05) is 0 Å². The van der Waals surface area contributed by atoms with Gasteiger partial charge in [0, 0.05) is 0 Å². The van der Waals surface area contributed by atoms with Crippen LogP contribution in [0.4, 0.5) is 0 Å². The molecule has 2 aromatic carbocycles. The zero-order valence-corrected chi connectivity index (χ0v) is 14.2. The molecule has 0 spiro atoms. The number of carbonyl (C=O) groups excluding carboxylic acids is 1. The zero-order chi connectivity index (χ0) is 16.9. The second-order valence-electron chi connectivity index (χ2n) is 5.09. The summed E-state index contributed by atoms with van der Waals surface area (Å²) in [6.45, 7) is 6.15. The minimum atomic E-state index is -3.13. The number of rotatable bonds is 2. The van der Waals surface area contributed by atoms with Gasteiger partial charge in [-0.15, -0.1) is 0 Å². The fourth-order valence-electron chi connectivity index (χ4n) is 2.78. The van der Waals surface area contributed by atoms with Crippen molar-refractivity contribution in [3.05, 3.63) is 58.7 Å². The van der Waals surface area contributed by atoms with E-state index in [-0.39, 0.29) is 4.46 Å². The fourth-order valence-corrected chi connectivity index (χ4v) is 2.78. The van der Waals surface area contributed by atoms with Crippen molar-refractivity contribution < 1.29 is 19.1 Å². The van der Waals surface area contributed by atoms with Gasteiger partial charge in [0.05, 0.1) is 0 Å². The summed E-state index contributed by atoms with van der Waals surface area (Å²) in [7, 11) is -3.13. The van der Waals surface area contributed by atoms with Gasteiger partial charge < -0.3 is 9.79 Å². The third-order valence-electron chi connectivity index (χ3n) is 3.39. The summed E-state index contributed by atoms with van der Waals surface area (Å²) in [5.41, 5.74) is 6.60. The van der Waals surface area contributed by atoms with Crippen molar-refractivity contribution in [1.82, 2.24) is 0 Å². The van der Waals surface area contributed by atoms with Crippen molar-refractivity contribution in [2.75, 3.05) is 0 Å². The van der Waals surface area contributed by atoms with Crippen molar-refractivity contribution >= 4 is 30.4 Å². The fraction of sp³-hybridized carbons (Fsp3) is 0.188. The van der Waals surface area contributed by atoms with Crippen LogP contribution in [-0.2, 0) is 4.57 Å². The quantitative estimate of drug-likeness (QED) is 0.660.